The first kappa shape index (κ1) is 18.5. The molecule has 29 heavy (non-hydrogen) atoms. The Hall–Kier alpha value is -3.81. The van der Waals surface area contributed by atoms with E-state index in [4.69, 9.17) is 14.2 Å². The number of carbonyl (C=O) groups is 1. The summed E-state index contributed by atoms with van der Waals surface area (Å²) in [6.07, 6.45) is 0. The zero-order chi connectivity index (χ0) is 20.4. The summed E-state index contributed by atoms with van der Waals surface area (Å²) >= 11 is 0. The Labute approximate surface area is 166 Å². The Bertz CT molecular complexity index is 1140. The van der Waals surface area contributed by atoms with Crippen LogP contribution < -0.4 is 25.1 Å². The lowest BCUT2D eigenvalue weighted by molar-refractivity contribution is -0.117. The van der Waals surface area contributed by atoms with Gasteiger partial charge in [-0.3, -0.25) is 9.59 Å². The molecule has 1 N–H and O–H groups in total. The van der Waals surface area contributed by atoms with E-state index in [1.807, 2.05) is 19.1 Å². The predicted molar refractivity (Wildman–Crippen MR) is 106 cm³/mol. The fourth-order valence-corrected chi connectivity index (χ4v) is 3.02. The lowest BCUT2D eigenvalue weighted by Crippen LogP contribution is -2.29. The predicted octanol–water partition coefficient (Wildman–Crippen LogP) is 2.59. The van der Waals surface area contributed by atoms with Crippen LogP contribution in [-0.2, 0) is 11.3 Å². The number of amides is 1. The molecule has 2 aromatic carbocycles. The molecule has 0 spiro atoms. The molecule has 148 valence electrons. The third-order valence-electron chi connectivity index (χ3n) is 4.46. The number of benzene rings is 2. The van der Waals surface area contributed by atoms with Crippen molar-refractivity contribution in [2.24, 2.45) is 0 Å². The van der Waals surface area contributed by atoms with Crippen molar-refractivity contribution in [1.29, 1.82) is 0 Å². The summed E-state index contributed by atoms with van der Waals surface area (Å²) < 4.78 is 17.1. The van der Waals surface area contributed by atoms with Crippen molar-refractivity contribution in [3.63, 3.8) is 0 Å². The highest BCUT2D eigenvalue weighted by Gasteiger charge is 2.15. The van der Waals surface area contributed by atoms with E-state index in [-0.39, 0.29) is 24.8 Å². The molecule has 0 fully saturated rings. The van der Waals surface area contributed by atoms with E-state index in [9.17, 15) is 9.59 Å². The first-order valence-corrected chi connectivity index (χ1v) is 8.96. The maximum atomic E-state index is 12.5. The average Bonchev–Trinajstić information content (AvgIpc) is 3.17. The number of ether oxygens (including phenoxy) is 3. The van der Waals surface area contributed by atoms with Crippen LogP contribution in [0.3, 0.4) is 0 Å². The molecule has 1 aliphatic heterocycles. The highest BCUT2D eigenvalue weighted by molar-refractivity contribution is 5.92. The second kappa shape index (κ2) is 7.67. The summed E-state index contributed by atoms with van der Waals surface area (Å²) in [5.41, 5.74) is 2.44. The zero-order valence-electron chi connectivity index (χ0n) is 16.0. The van der Waals surface area contributed by atoms with Gasteiger partial charge in [0.2, 0.25) is 12.7 Å². The molecule has 2 heterocycles. The zero-order valence-corrected chi connectivity index (χ0v) is 16.0. The van der Waals surface area contributed by atoms with Crippen molar-refractivity contribution in [3.8, 4) is 28.5 Å². The molecule has 0 radical (unpaired) electrons. The first-order chi connectivity index (χ1) is 14.0. The normalized spacial score (nSPS) is 11.9. The fourth-order valence-electron chi connectivity index (χ4n) is 3.02. The summed E-state index contributed by atoms with van der Waals surface area (Å²) in [6.45, 7) is 1.86. The maximum Gasteiger partial charge on any atom is 0.267 e. The van der Waals surface area contributed by atoms with Crippen molar-refractivity contribution in [2.75, 3.05) is 19.2 Å². The van der Waals surface area contributed by atoms with E-state index in [2.05, 4.69) is 10.4 Å². The van der Waals surface area contributed by atoms with Crippen LogP contribution in [0, 0.1) is 6.92 Å². The summed E-state index contributed by atoms with van der Waals surface area (Å²) in [5, 5.41) is 7.10. The minimum atomic E-state index is -0.383. The monoisotopic (exact) mass is 393 g/mol. The molecule has 1 aliphatic rings. The van der Waals surface area contributed by atoms with Crippen LogP contribution >= 0.6 is 0 Å². The number of aromatic nitrogens is 2. The Morgan fingerprint density at radius 3 is 2.79 bits per heavy atom. The second-order valence-corrected chi connectivity index (χ2v) is 6.53. The summed E-state index contributed by atoms with van der Waals surface area (Å²) in [6, 6.07) is 13.8. The molecule has 0 aliphatic carbocycles. The van der Waals surface area contributed by atoms with Crippen molar-refractivity contribution in [2.45, 2.75) is 13.5 Å². The summed E-state index contributed by atoms with van der Waals surface area (Å²) in [5.74, 6) is 1.43. The van der Waals surface area contributed by atoms with Gasteiger partial charge in [0, 0.05) is 11.6 Å². The number of fused-ring (bicyclic) bond motifs is 1. The first-order valence-electron chi connectivity index (χ1n) is 8.96. The molecule has 8 heteroatoms. The Kier molecular flexibility index (Phi) is 4.90. The van der Waals surface area contributed by atoms with Crippen molar-refractivity contribution in [1.82, 2.24) is 9.78 Å². The standard InChI is InChI=1S/C21H19N3O5/c1-13-3-6-17(27-2)16(9-13)22-20(25)11-24-21(26)8-5-15(23-24)14-4-7-18-19(10-14)29-12-28-18/h3-10H,11-12H2,1-2H3,(H,22,25). The maximum absolute atomic E-state index is 12.5. The minimum absolute atomic E-state index is 0.175. The summed E-state index contributed by atoms with van der Waals surface area (Å²) in [7, 11) is 1.53. The molecule has 8 nitrogen and oxygen atoms in total. The minimum Gasteiger partial charge on any atom is -0.495 e. The van der Waals surface area contributed by atoms with Gasteiger partial charge in [0.15, 0.2) is 11.5 Å². The Morgan fingerprint density at radius 2 is 1.97 bits per heavy atom. The lowest BCUT2D eigenvalue weighted by Gasteiger charge is -2.12. The molecule has 3 aromatic rings. The Morgan fingerprint density at radius 1 is 1.14 bits per heavy atom. The van der Waals surface area contributed by atoms with Crippen molar-refractivity contribution >= 4 is 11.6 Å². The van der Waals surface area contributed by atoms with Crippen LogP contribution in [0.1, 0.15) is 5.56 Å². The highest BCUT2D eigenvalue weighted by Crippen LogP contribution is 2.35. The number of anilines is 1. The van der Waals surface area contributed by atoms with Gasteiger partial charge in [0.05, 0.1) is 18.5 Å². The van der Waals surface area contributed by atoms with Crippen LogP contribution in [0.4, 0.5) is 5.69 Å². The SMILES string of the molecule is COc1ccc(C)cc1NC(=O)Cn1nc(-c2ccc3c(c2)OCO3)ccc1=O. The van der Waals surface area contributed by atoms with Gasteiger partial charge in [-0.05, 0) is 48.9 Å². The molecule has 0 bridgehead atoms. The smallest absolute Gasteiger partial charge is 0.267 e. The van der Waals surface area contributed by atoms with Gasteiger partial charge in [0.1, 0.15) is 12.3 Å². The number of carbonyl (C=O) groups excluding carboxylic acids is 1. The van der Waals surface area contributed by atoms with Crippen LogP contribution in [0.2, 0.25) is 0 Å². The van der Waals surface area contributed by atoms with Crippen LogP contribution in [0.5, 0.6) is 17.2 Å². The van der Waals surface area contributed by atoms with E-state index in [0.717, 1.165) is 15.8 Å². The fraction of sp³-hybridized carbons (Fsp3) is 0.190. The van der Waals surface area contributed by atoms with Crippen molar-refractivity contribution < 1.29 is 19.0 Å². The molecule has 1 amide bonds. The van der Waals surface area contributed by atoms with E-state index >= 15 is 0 Å². The molecular weight excluding hydrogens is 374 g/mol. The average molecular weight is 393 g/mol. The molecule has 0 saturated heterocycles. The number of nitrogens with one attached hydrogen (secondary N) is 1. The van der Waals surface area contributed by atoms with Gasteiger partial charge < -0.3 is 19.5 Å². The number of hydrogen-bond acceptors (Lipinski definition) is 6. The van der Waals surface area contributed by atoms with Crippen LogP contribution in [0.25, 0.3) is 11.3 Å². The number of aryl methyl sites for hydroxylation is 1. The van der Waals surface area contributed by atoms with Crippen LogP contribution in [-0.4, -0.2) is 29.6 Å². The number of methoxy groups -OCH3 is 1. The molecule has 1 aromatic heterocycles. The number of rotatable bonds is 5. The van der Waals surface area contributed by atoms with Crippen LogP contribution in [0.15, 0.2) is 53.3 Å². The Balaban J connectivity index is 1.56. The van der Waals surface area contributed by atoms with E-state index in [1.165, 1.54) is 13.2 Å². The number of hydrogen-bond donors (Lipinski definition) is 1. The van der Waals surface area contributed by atoms with Crippen molar-refractivity contribution in [3.05, 3.63) is 64.4 Å². The van der Waals surface area contributed by atoms with E-state index in [0.29, 0.717) is 28.6 Å². The highest BCUT2D eigenvalue weighted by atomic mass is 16.7. The second-order valence-electron chi connectivity index (χ2n) is 6.53. The van der Waals surface area contributed by atoms with Gasteiger partial charge in [-0.15, -0.1) is 0 Å². The van der Waals surface area contributed by atoms with Gasteiger partial charge in [-0.25, -0.2) is 4.68 Å². The quantitative estimate of drug-likeness (QED) is 0.716. The summed E-state index contributed by atoms with van der Waals surface area (Å²) in [4.78, 5) is 24.7. The lowest BCUT2D eigenvalue weighted by atomic mass is 10.1. The topological polar surface area (TPSA) is 91.7 Å². The molecule has 0 unspecified atom stereocenters. The molecule has 0 atom stereocenters. The molecular formula is C21H19N3O5. The van der Waals surface area contributed by atoms with Gasteiger partial charge in [-0.1, -0.05) is 6.07 Å². The van der Waals surface area contributed by atoms with E-state index < -0.39 is 0 Å². The number of nitrogens with zero attached hydrogens (tertiary/aromatic N) is 2. The largest absolute Gasteiger partial charge is 0.495 e. The molecule has 4 rings (SSSR count). The third kappa shape index (κ3) is 3.91. The van der Waals surface area contributed by atoms with E-state index in [1.54, 1.807) is 30.3 Å². The van der Waals surface area contributed by atoms with Gasteiger partial charge in [0.25, 0.3) is 5.56 Å². The molecule has 0 saturated carbocycles. The van der Waals surface area contributed by atoms with Gasteiger partial charge >= 0.3 is 0 Å². The third-order valence-corrected chi connectivity index (χ3v) is 4.46. The van der Waals surface area contributed by atoms with Gasteiger partial charge in [-0.2, -0.15) is 5.10 Å².